The number of aromatic nitrogens is 1. The van der Waals surface area contributed by atoms with E-state index in [0.29, 0.717) is 18.0 Å². The van der Waals surface area contributed by atoms with Gasteiger partial charge in [-0.3, -0.25) is 9.69 Å². The van der Waals surface area contributed by atoms with Crippen LogP contribution in [-0.4, -0.2) is 60.3 Å². The van der Waals surface area contributed by atoms with E-state index in [1.165, 1.54) is 6.42 Å². The summed E-state index contributed by atoms with van der Waals surface area (Å²) in [5.41, 5.74) is 2.37. The van der Waals surface area contributed by atoms with E-state index >= 15 is 0 Å². The van der Waals surface area contributed by atoms with Gasteiger partial charge in [-0.2, -0.15) is 0 Å². The Morgan fingerprint density at radius 2 is 2.07 bits per heavy atom. The second-order valence-corrected chi connectivity index (χ2v) is 6.77. The van der Waals surface area contributed by atoms with E-state index in [1.54, 1.807) is 13.2 Å². The number of nitrogens with zero attached hydrogens (tertiary/aromatic N) is 2. The number of hydrogen-bond donors (Lipinski definition) is 2. The Kier molecular flexibility index (Phi) is 6.79. The lowest BCUT2D eigenvalue weighted by atomic mass is 10.0. The maximum absolute atomic E-state index is 12.4. The first-order chi connectivity index (χ1) is 13.2. The zero-order chi connectivity index (χ0) is 19.1. The maximum atomic E-state index is 12.4. The highest BCUT2D eigenvalue weighted by molar-refractivity contribution is 5.94. The third-order valence-corrected chi connectivity index (χ3v) is 5.02. The van der Waals surface area contributed by atoms with E-state index in [0.717, 1.165) is 37.2 Å². The van der Waals surface area contributed by atoms with Crippen molar-refractivity contribution in [3.63, 3.8) is 0 Å². The van der Waals surface area contributed by atoms with Crippen LogP contribution in [0.15, 0.2) is 42.5 Å². The average molecular weight is 369 g/mol. The second-order valence-electron chi connectivity index (χ2n) is 6.77. The van der Waals surface area contributed by atoms with Crippen LogP contribution >= 0.6 is 0 Å². The Bertz CT molecular complexity index is 749. The van der Waals surface area contributed by atoms with Crippen LogP contribution in [0.4, 0.5) is 0 Å². The van der Waals surface area contributed by atoms with Crippen LogP contribution in [0.5, 0.6) is 5.88 Å². The van der Waals surface area contributed by atoms with Crippen LogP contribution < -0.4 is 10.1 Å². The van der Waals surface area contributed by atoms with Gasteiger partial charge in [-0.1, -0.05) is 24.6 Å². The van der Waals surface area contributed by atoms with E-state index < -0.39 is 0 Å². The molecule has 1 atom stereocenters. The lowest BCUT2D eigenvalue weighted by Crippen LogP contribution is -2.45. The number of amides is 1. The number of likely N-dealkylation sites (tertiary alicyclic amines) is 1. The van der Waals surface area contributed by atoms with E-state index in [2.05, 4.69) is 15.2 Å². The fourth-order valence-electron chi connectivity index (χ4n) is 3.46. The van der Waals surface area contributed by atoms with Gasteiger partial charge in [-0.25, -0.2) is 4.98 Å². The SMILES string of the molecule is COc1cccc(-c2ccc(C(=O)NCCN3CCCC[C@@H]3CO)cc2)n1. The van der Waals surface area contributed by atoms with Crippen molar-refractivity contribution in [1.82, 2.24) is 15.2 Å². The average Bonchev–Trinajstić information content (AvgIpc) is 2.74. The smallest absolute Gasteiger partial charge is 0.251 e. The van der Waals surface area contributed by atoms with Gasteiger partial charge in [0.15, 0.2) is 0 Å². The summed E-state index contributed by atoms with van der Waals surface area (Å²) in [6, 6.07) is 13.2. The number of benzene rings is 1. The number of piperidine rings is 1. The monoisotopic (exact) mass is 369 g/mol. The van der Waals surface area contributed by atoms with E-state index in [9.17, 15) is 9.90 Å². The number of pyridine rings is 1. The largest absolute Gasteiger partial charge is 0.481 e. The molecule has 27 heavy (non-hydrogen) atoms. The molecule has 1 aliphatic rings. The van der Waals surface area contributed by atoms with Crippen molar-refractivity contribution in [3.05, 3.63) is 48.0 Å². The molecule has 3 rings (SSSR count). The van der Waals surface area contributed by atoms with Crippen LogP contribution in [0.1, 0.15) is 29.6 Å². The van der Waals surface area contributed by atoms with Crippen molar-refractivity contribution in [1.29, 1.82) is 0 Å². The van der Waals surface area contributed by atoms with Crippen LogP contribution in [-0.2, 0) is 0 Å². The van der Waals surface area contributed by atoms with Crippen molar-refractivity contribution in [2.24, 2.45) is 0 Å². The van der Waals surface area contributed by atoms with Crippen molar-refractivity contribution < 1.29 is 14.6 Å². The van der Waals surface area contributed by atoms with Gasteiger partial charge in [-0.05, 0) is 37.6 Å². The Labute approximate surface area is 160 Å². The highest BCUT2D eigenvalue weighted by Crippen LogP contribution is 2.20. The molecule has 2 aromatic rings. The number of ether oxygens (including phenoxy) is 1. The number of aliphatic hydroxyl groups is 1. The minimum absolute atomic E-state index is 0.0855. The summed E-state index contributed by atoms with van der Waals surface area (Å²) in [4.78, 5) is 19.0. The molecule has 0 saturated carbocycles. The van der Waals surface area contributed by atoms with Gasteiger partial charge >= 0.3 is 0 Å². The number of hydrogen-bond acceptors (Lipinski definition) is 5. The lowest BCUT2D eigenvalue weighted by molar-refractivity contribution is 0.0849. The molecule has 1 aromatic carbocycles. The molecule has 144 valence electrons. The molecule has 1 saturated heterocycles. The molecule has 1 aliphatic heterocycles. The molecule has 1 aromatic heterocycles. The van der Waals surface area contributed by atoms with Crippen molar-refractivity contribution >= 4 is 5.91 Å². The van der Waals surface area contributed by atoms with Crippen LogP contribution in [0.25, 0.3) is 11.3 Å². The molecule has 0 aliphatic carbocycles. The number of methoxy groups -OCH3 is 1. The fraction of sp³-hybridized carbons (Fsp3) is 0.429. The maximum Gasteiger partial charge on any atom is 0.251 e. The van der Waals surface area contributed by atoms with Gasteiger partial charge in [0.25, 0.3) is 5.91 Å². The molecule has 2 heterocycles. The Morgan fingerprint density at radius 1 is 1.26 bits per heavy atom. The van der Waals surface area contributed by atoms with Gasteiger partial charge in [0.1, 0.15) is 0 Å². The normalized spacial score (nSPS) is 17.5. The first-order valence-electron chi connectivity index (χ1n) is 9.46. The summed E-state index contributed by atoms with van der Waals surface area (Å²) in [7, 11) is 1.59. The number of nitrogens with one attached hydrogen (secondary N) is 1. The molecule has 6 heteroatoms. The van der Waals surface area contributed by atoms with Gasteiger partial charge < -0.3 is 15.2 Å². The molecular formula is C21H27N3O3. The molecule has 0 unspecified atom stereocenters. The van der Waals surface area contributed by atoms with Crippen molar-refractivity contribution in [3.8, 4) is 17.1 Å². The summed E-state index contributed by atoms with van der Waals surface area (Å²) in [6.45, 7) is 2.52. The molecule has 6 nitrogen and oxygen atoms in total. The van der Waals surface area contributed by atoms with Gasteiger partial charge in [-0.15, -0.1) is 0 Å². The second kappa shape index (κ2) is 9.48. The fourth-order valence-corrected chi connectivity index (χ4v) is 3.46. The summed E-state index contributed by atoms with van der Waals surface area (Å²) in [5.74, 6) is 0.478. The van der Waals surface area contributed by atoms with E-state index in [-0.39, 0.29) is 18.6 Å². The molecule has 0 spiro atoms. The van der Waals surface area contributed by atoms with Crippen molar-refractivity contribution in [2.75, 3.05) is 33.4 Å². The minimum atomic E-state index is -0.0855. The minimum Gasteiger partial charge on any atom is -0.481 e. The number of carbonyl (C=O) groups is 1. The van der Waals surface area contributed by atoms with Crippen LogP contribution in [0.2, 0.25) is 0 Å². The van der Waals surface area contributed by atoms with Gasteiger partial charge in [0.05, 0.1) is 19.4 Å². The summed E-state index contributed by atoms with van der Waals surface area (Å²) in [5, 5.41) is 12.4. The first kappa shape index (κ1) is 19.3. The van der Waals surface area contributed by atoms with Crippen LogP contribution in [0, 0.1) is 0 Å². The lowest BCUT2D eigenvalue weighted by Gasteiger charge is -2.34. The molecular weight excluding hydrogens is 342 g/mol. The third-order valence-electron chi connectivity index (χ3n) is 5.02. The van der Waals surface area contributed by atoms with Gasteiger partial charge in [0.2, 0.25) is 5.88 Å². The van der Waals surface area contributed by atoms with E-state index in [4.69, 9.17) is 4.74 Å². The van der Waals surface area contributed by atoms with Crippen molar-refractivity contribution in [2.45, 2.75) is 25.3 Å². The highest BCUT2D eigenvalue weighted by atomic mass is 16.5. The highest BCUT2D eigenvalue weighted by Gasteiger charge is 2.21. The zero-order valence-corrected chi connectivity index (χ0v) is 15.7. The Balaban J connectivity index is 1.54. The molecule has 1 amide bonds. The molecule has 1 fully saturated rings. The topological polar surface area (TPSA) is 74.7 Å². The molecule has 0 radical (unpaired) electrons. The summed E-state index contributed by atoms with van der Waals surface area (Å²) in [6.07, 6.45) is 3.36. The standard InChI is InChI=1S/C21H27N3O3/c1-27-20-7-4-6-19(23-20)16-8-10-17(11-9-16)21(26)22-12-14-24-13-3-2-5-18(24)15-25/h4,6-11,18,25H,2-3,5,12-15H2,1H3,(H,22,26)/t18-/m1/s1. The third kappa shape index (κ3) is 5.05. The summed E-state index contributed by atoms with van der Waals surface area (Å²) >= 11 is 0. The quantitative estimate of drug-likeness (QED) is 0.784. The predicted octanol–water partition coefficient (Wildman–Crippen LogP) is 2.33. The Hall–Kier alpha value is -2.44. The number of rotatable bonds is 7. The predicted molar refractivity (Wildman–Crippen MR) is 105 cm³/mol. The van der Waals surface area contributed by atoms with Gasteiger partial charge in [0, 0.05) is 36.3 Å². The Morgan fingerprint density at radius 3 is 2.81 bits per heavy atom. The number of aliphatic hydroxyl groups excluding tert-OH is 1. The van der Waals surface area contributed by atoms with Crippen LogP contribution in [0.3, 0.4) is 0 Å². The van der Waals surface area contributed by atoms with E-state index in [1.807, 2.05) is 36.4 Å². The summed E-state index contributed by atoms with van der Waals surface area (Å²) < 4.78 is 5.15. The number of carbonyl (C=O) groups excluding carboxylic acids is 1. The molecule has 0 bridgehead atoms. The first-order valence-corrected chi connectivity index (χ1v) is 9.46. The zero-order valence-electron chi connectivity index (χ0n) is 15.7. The molecule has 2 N–H and O–H groups in total.